The molecule has 25 heavy (non-hydrogen) atoms. The van der Waals surface area contributed by atoms with Crippen molar-refractivity contribution in [2.45, 2.75) is 53.6 Å². The molecule has 0 radical (unpaired) electrons. The first-order valence-corrected chi connectivity index (χ1v) is 9.04. The van der Waals surface area contributed by atoms with Crippen molar-refractivity contribution in [1.82, 2.24) is 35.2 Å². The first-order valence-electron chi connectivity index (χ1n) is 9.04. The van der Waals surface area contributed by atoms with Crippen molar-refractivity contribution in [3.63, 3.8) is 0 Å². The smallest absolute Gasteiger partial charge is 0.191 e. The normalized spacial score (nSPS) is 11.8. The average molecular weight is 346 g/mol. The summed E-state index contributed by atoms with van der Waals surface area (Å²) in [5, 5.41) is 19.2. The van der Waals surface area contributed by atoms with Gasteiger partial charge in [-0.05, 0) is 33.3 Å². The van der Waals surface area contributed by atoms with E-state index in [9.17, 15) is 0 Å². The Balaban J connectivity index is 1.76. The fourth-order valence-electron chi connectivity index (χ4n) is 2.69. The Labute approximate surface area is 149 Å². The molecule has 0 aliphatic heterocycles. The third kappa shape index (κ3) is 5.88. The van der Waals surface area contributed by atoms with Gasteiger partial charge in [0.25, 0.3) is 0 Å². The molecule has 2 rings (SSSR count). The third-order valence-corrected chi connectivity index (χ3v) is 3.90. The number of aryl methyl sites for hydroxylation is 4. The molecular weight excluding hydrogens is 316 g/mol. The van der Waals surface area contributed by atoms with Gasteiger partial charge in [0, 0.05) is 44.8 Å². The molecular formula is C17H30N8. The van der Waals surface area contributed by atoms with Gasteiger partial charge in [0.1, 0.15) is 12.2 Å². The molecule has 2 N–H and O–H groups in total. The van der Waals surface area contributed by atoms with Gasteiger partial charge in [-0.1, -0.05) is 6.92 Å². The Bertz CT molecular complexity index is 670. The van der Waals surface area contributed by atoms with Crippen LogP contribution in [0.15, 0.2) is 17.4 Å². The Morgan fingerprint density at radius 2 is 2.04 bits per heavy atom. The van der Waals surface area contributed by atoms with Crippen LogP contribution in [-0.4, -0.2) is 50.1 Å². The van der Waals surface area contributed by atoms with E-state index in [2.05, 4.69) is 62.3 Å². The predicted octanol–water partition coefficient (Wildman–Crippen LogP) is 1.30. The summed E-state index contributed by atoms with van der Waals surface area (Å²) in [5.41, 5.74) is 2.27. The quantitative estimate of drug-likeness (QED) is 0.406. The minimum atomic E-state index is 0.764. The summed E-state index contributed by atoms with van der Waals surface area (Å²) in [5.74, 6) is 1.86. The zero-order valence-electron chi connectivity index (χ0n) is 15.8. The first kappa shape index (κ1) is 19.0. The zero-order chi connectivity index (χ0) is 18.1. The van der Waals surface area contributed by atoms with E-state index in [1.54, 1.807) is 6.33 Å². The van der Waals surface area contributed by atoms with Gasteiger partial charge in [-0.2, -0.15) is 5.10 Å². The maximum Gasteiger partial charge on any atom is 0.191 e. The maximum absolute atomic E-state index is 4.64. The molecule has 2 aromatic heterocycles. The minimum absolute atomic E-state index is 0.764. The van der Waals surface area contributed by atoms with Crippen LogP contribution in [0.1, 0.15) is 37.5 Å². The summed E-state index contributed by atoms with van der Waals surface area (Å²) in [4.78, 5) is 4.64. The predicted molar refractivity (Wildman–Crippen MR) is 99.7 cm³/mol. The number of nitrogens with zero attached hydrogens (tertiary/aromatic N) is 6. The van der Waals surface area contributed by atoms with E-state index in [-0.39, 0.29) is 0 Å². The lowest BCUT2D eigenvalue weighted by atomic mass is 10.4. The third-order valence-electron chi connectivity index (χ3n) is 3.90. The van der Waals surface area contributed by atoms with Crippen LogP contribution in [0.4, 0.5) is 0 Å². The minimum Gasteiger partial charge on any atom is -0.357 e. The number of nitrogens with one attached hydrogen (secondary N) is 2. The van der Waals surface area contributed by atoms with Crippen LogP contribution in [0.5, 0.6) is 0 Å². The van der Waals surface area contributed by atoms with Crippen LogP contribution >= 0.6 is 0 Å². The van der Waals surface area contributed by atoms with Crippen molar-refractivity contribution in [2.24, 2.45) is 4.99 Å². The van der Waals surface area contributed by atoms with E-state index in [0.717, 1.165) is 63.0 Å². The monoisotopic (exact) mass is 346 g/mol. The first-order chi connectivity index (χ1) is 12.1. The van der Waals surface area contributed by atoms with Crippen LogP contribution in [0, 0.1) is 13.8 Å². The SMILES string of the molecule is CCNC(=NCCCn1nc(C)cc1C)NCCn1cnnc1CC. The molecule has 138 valence electrons. The molecule has 2 heterocycles. The molecule has 0 bridgehead atoms. The standard InChI is InChI=1S/C17H30N8/c1-5-16-22-21-13-24(16)11-9-20-17(18-6-2)19-8-7-10-25-15(4)12-14(3)23-25/h12-13H,5-11H2,1-4H3,(H2,18,19,20). The Kier molecular flexibility index (Phi) is 7.43. The van der Waals surface area contributed by atoms with Crippen molar-refractivity contribution in [3.8, 4) is 0 Å². The maximum atomic E-state index is 4.64. The molecule has 0 aromatic carbocycles. The lowest BCUT2D eigenvalue weighted by molar-refractivity contribution is 0.566. The van der Waals surface area contributed by atoms with Gasteiger partial charge >= 0.3 is 0 Å². The van der Waals surface area contributed by atoms with Gasteiger partial charge in [-0.3, -0.25) is 9.67 Å². The molecule has 0 unspecified atom stereocenters. The van der Waals surface area contributed by atoms with Gasteiger partial charge in [0.05, 0.1) is 5.69 Å². The average Bonchev–Trinajstić information content (AvgIpc) is 3.17. The number of hydrogen-bond donors (Lipinski definition) is 2. The molecule has 0 saturated carbocycles. The van der Waals surface area contributed by atoms with Gasteiger partial charge in [0.15, 0.2) is 5.96 Å². The summed E-state index contributed by atoms with van der Waals surface area (Å²) in [7, 11) is 0. The molecule has 0 saturated heterocycles. The molecule has 8 heteroatoms. The highest BCUT2D eigenvalue weighted by Crippen LogP contribution is 2.02. The molecule has 0 fully saturated rings. The molecule has 0 spiro atoms. The Morgan fingerprint density at radius 1 is 1.20 bits per heavy atom. The van der Waals surface area contributed by atoms with E-state index >= 15 is 0 Å². The second-order valence-corrected chi connectivity index (χ2v) is 5.99. The summed E-state index contributed by atoms with van der Waals surface area (Å²) in [6.07, 6.45) is 3.63. The Hall–Kier alpha value is -2.38. The summed E-state index contributed by atoms with van der Waals surface area (Å²) < 4.78 is 4.11. The fraction of sp³-hybridized carbons (Fsp3) is 0.647. The number of guanidine groups is 1. The Morgan fingerprint density at radius 3 is 2.72 bits per heavy atom. The van der Waals surface area contributed by atoms with Crippen molar-refractivity contribution >= 4 is 5.96 Å². The van der Waals surface area contributed by atoms with E-state index in [1.807, 2.05) is 11.6 Å². The van der Waals surface area contributed by atoms with Gasteiger partial charge in [0.2, 0.25) is 0 Å². The number of aliphatic imine (C=N–C) groups is 1. The van der Waals surface area contributed by atoms with Crippen molar-refractivity contribution in [1.29, 1.82) is 0 Å². The molecule has 0 atom stereocenters. The largest absolute Gasteiger partial charge is 0.357 e. The van der Waals surface area contributed by atoms with Crippen LogP contribution in [0.25, 0.3) is 0 Å². The van der Waals surface area contributed by atoms with E-state index in [0.29, 0.717) is 0 Å². The summed E-state index contributed by atoms with van der Waals surface area (Å²) >= 11 is 0. The molecule has 2 aromatic rings. The van der Waals surface area contributed by atoms with Crippen LogP contribution in [-0.2, 0) is 19.5 Å². The summed E-state index contributed by atoms with van der Waals surface area (Å²) in [6.45, 7) is 12.4. The lowest BCUT2D eigenvalue weighted by Gasteiger charge is -2.12. The second kappa shape index (κ2) is 9.80. The van der Waals surface area contributed by atoms with Gasteiger partial charge < -0.3 is 15.2 Å². The van der Waals surface area contributed by atoms with Crippen molar-refractivity contribution in [2.75, 3.05) is 19.6 Å². The van der Waals surface area contributed by atoms with E-state index in [4.69, 9.17) is 0 Å². The number of aromatic nitrogens is 5. The van der Waals surface area contributed by atoms with Gasteiger partial charge in [-0.15, -0.1) is 10.2 Å². The van der Waals surface area contributed by atoms with Crippen LogP contribution in [0.3, 0.4) is 0 Å². The van der Waals surface area contributed by atoms with E-state index in [1.165, 1.54) is 5.69 Å². The zero-order valence-corrected chi connectivity index (χ0v) is 15.8. The fourth-order valence-corrected chi connectivity index (χ4v) is 2.69. The highest BCUT2D eigenvalue weighted by atomic mass is 15.3. The number of hydrogen-bond acceptors (Lipinski definition) is 4. The topological polar surface area (TPSA) is 85.0 Å². The highest BCUT2D eigenvalue weighted by Gasteiger charge is 2.03. The molecule has 0 aliphatic rings. The van der Waals surface area contributed by atoms with E-state index < -0.39 is 0 Å². The van der Waals surface area contributed by atoms with Gasteiger partial charge in [-0.25, -0.2) is 0 Å². The molecule has 8 nitrogen and oxygen atoms in total. The highest BCUT2D eigenvalue weighted by molar-refractivity contribution is 5.79. The molecule has 0 aliphatic carbocycles. The van der Waals surface area contributed by atoms with Crippen molar-refractivity contribution < 1.29 is 0 Å². The van der Waals surface area contributed by atoms with Crippen LogP contribution in [0.2, 0.25) is 0 Å². The molecule has 0 amide bonds. The lowest BCUT2D eigenvalue weighted by Crippen LogP contribution is -2.39. The summed E-state index contributed by atoms with van der Waals surface area (Å²) in [6, 6.07) is 2.10. The number of rotatable bonds is 9. The van der Waals surface area contributed by atoms with Crippen LogP contribution < -0.4 is 10.6 Å². The van der Waals surface area contributed by atoms with Crippen molar-refractivity contribution in [3.05, 3.63) is 29.6 Å². The second-order valence-electron chi connectivity index (χ2n) is 5.99.